The quantitative estimate of drug-likeness (QED) is 0.770. The number of hydrogen-bond acceptors (Lipinski definition) is 3. The molecule has 2 unspecified atom stereocenters. The van der Waals surface area contributed by atoms with Gasteiger partial charge in [0.1, 0.15) is 5.60 Å². The van der Waals surface area contributed by atoms with Gasteiger partial charge in [-0.2, -0.15) is 0 Å². The fraction of sp³-hybridized carbons (Fsp3) is 0.938. The summed E-state index contributed by atoms with van der Waals surface area (Å²) in [5.74, 6) is 1.11. The molecule has 0 radical (unpaired) electrons. The Kier molecular flexibility index (Phi) is 4.08. The molecule has 0 aromatic heterocycles. The van der Waals surface area contributed by atoms with Crippen LogP contribution in [0.2, 0.25) is 0 Å². The number of ether oxygens (including phenoxy) is 1. The van der Waals surface area contributed by atoms with Crippen LogP contribution < -0.4 is 0 Å². The van der Waals surface area contributed by atoms with Gasteiger partial charge in [0, 0.05) is 6.54 Å². The van der Waals surface area contributed by atoms with Gasteiger partial charge in [-0.15, -0.1) is 0 Å². The Bertz CT molecular complexity index is 349. The summed E-state index contributed by atoms with van der Waals surface area (Å²) in [7, 11) is 0. The van der Waals surface area contributed by atoms with Gasteiger partial charge in [0.15, 0.2) is 5.78 Å². The molecule has 0 N–H and O–H groups in total. The highest BCUT2D eigenvalue weighted by Gasteiger charge is 2.53. The second-order valence-corrected chi connectivity index (χ2v) is 7.47. The zero-order chi connectivity index (χ0) is 14.3. The molecule has 19 heavy (non-hydrogen) atoms. The monoisotopic (exact) mass is 267 g/mol. The second-order valence-electron chi connectivity index (χ2n) is 7.47. The van der Waals surface area contributed by atoms with Crippen LogP contribution in [0.3, 0.4) is 0 Å². The van der Waals surface area contributed by atoms with Gasteiger partial charge in [0.25, 0.3) is 0 Å². The molecule has 0 amide bonds. The van der Waals surface area contributed by atoms with Crippen molar-refractivity contribution in [3.8, 4) is 0 Å². The number of rotatable bonds is 2. The Morgan fingerprint density at radius 1 is 1.21 bits per heavy atom. The van der Waals surface area contributed by atoms with Crippen LogP contribution in [0.5, 0.6) is 0 Å². The van der Waals surface area contributed by atoms with E-state index in [2.05, 4.69) is 25.7 Å². The largest absolute Gasteiger partial charge is 0.361 e. The number of hydrogen-bond donors (Lipinski definition) is 0. The zero-order valence-corrected chi connectivity index (χ0v) is 13.2. The van der Waals surface area contributed by atoms with Gasteiger partial charge < -0.3 is 9.64 Å². The molecule has 2 saturated heterocycles. The highest BCUT2D eigenvalue weighted by atomic mass is 16.5. The molecular weight excluding hydrogens is 238 g/mol. The van der Waals surface area contributed by atoms with Gasteiger partial charge in [-0.25, -0.2) is 0 Å². The van der Waals surface area contributed by atoms with Crippen LogP contribution >= 0.6 is 0 Å². The van der Waals surface area contributed by atoms with Gasteiger partial charge in [0.2, 0.25) is 0 Å². The van der Waals surface area contributed by atoms with Crippen molar-refractivity contribution in [2.24, 2.45) is 11.8 Å². The van der Waals surface area contributed by atoms with Gasteiger partial charge in [-0.1, -0.05) is 6.92 Å². The Morgan fingerprint density at radius 3 is 2.47 bits per heavy atom. The number of ketones is 1. The minimum atomic E-state index is -0.618. The van der Waals surface area contributed by atoms with Crippen LogP contribution in [-0.2, 0) is 9.53 Å². The van der Waals surface area contributed by atoms with Crippen molar-refractivity contribution in [1.82, 2.24) is 4.90 Å². The highest BCUT2D eigenvalue weighted by Crippen LogP contribution is 2.39. The van der Waals surface area contributed by atoms with Gasteiger partial charge in [-0.3, -0.25) is 4.79 Å². The van der Waals surface area contributed by atoms with E-state index in [1.54, 1.807) is 0 Å². The normalized spacial score (nSPS) is 35.3. The molecule has 2 aliphatic heterocycles. The Labute approximate surface area is 117 Å². The zero-order valence-electron chi connectivity index (χ0n) is 13.2. The van der Waals surface area contributed by atoms with Crippen LogP contribution in [0.25, 0.3) is 0 Å². The third kappa shape index (κ3) is 3.19. The van der Waals surface area contributed by atoms with Gasteiger partial charge in [-0.05, 0) is 66.0 Å². The summed E-state index contributed by atoms with van der Waals surface area (Å²) in [6.07, 6.45) is 3.83. The van der Waals surface area contributed by atoms with Crippen molar-refractivity contribution >= 4 is 5.78 Å². The first-order valence-corrected chi connectivity index (χ1v) is 7.69. The number of nitrogens with zero attached hydrogens (tertiary/aromatic N) is 1. The molecule has 2 fully saturated rings. The maximum absolute atomic E-state index is 12.5. The number of carbonyl (C=O) groups is 1. The lowest BCUT2D eigenvalue weighted by atomic mass is 9.85. The molecule has 2 atom stereocenters. The Hall–Kier alpha value is -0.410. The second kappa shape index (κ2) is 5.17. The Balaban J connectivity index is 2.03. The van der Waals surface area contributed by atoms with E-state index in [4.69, 9.17) is 4.74 Å². The van der Waals surface area contributed by atoms with Crippen LogP contribution in [0.4, 0.5) is 0 Å². The topological polar surface area (TPSA) is 29.5 Å². The molecule has 0 bridgehead atoms. The number of Topliss-reactive ketones (excluding diaryl/α,β-unsaturated/α-hetero) is 1. The lowest BCUT2D eigenvalue weighted by Gasteiger charge is -2.30. The summed E-state index contributed by atoms with van der Waals surface area (Å²) >= 11 is 0. The molecule has 110 valence electrons. The first-order chi connectivity index (χ1) is 8.72. The van der Waals surface area contributed by atoms with E-state index in [9.17, 15) is 4.79 Å². The third-order valence-corrected chi connectivity index (χ3v) is 4.82. The average Bonchev–Trinajstić information content (AvgIpc) is 2.46. The molecule has 3 nitrogen and oxygen atoms in total. The van der Waals surface area contributed by atoms with E-state index in [1.165, 1.54) is 19.3 Å². The molecular formula is C16H29NO2. The summed E-state index contributed by atoms with van der Waals surface area (Å²) in [5, 5.41) is 0. The third-order valence-electron chi connectivity index (χ3n) is 4.82. The minimum Gasteiger partial charge on any atom is -0.361 e. The van der Waals surface area contributed by atoms with Crippen molar-refractivity contribution in [3.05, 3.63) is 0 Å². The summed E-state index contributed by atoms with van der Waals surface area (Å²) in [5.41, 5.74) is -0.953. The standard InChI is InChI=1S/C16H29NO2/c1-12-7-6-9-17(10-8-12)11-13-14(18)16(4,5)19-15(13,2)3/h12-13H,6-11H2,1-5H3. The molecule has 0 aliphatic carbocycles. The maximum Gasteiger partial charge on any atom is 0.171 e. The first-order valence-electron chi connectivity index (χ1n) is 7.69. The maximum atomic E-state index is 12.5. The molecule has 0 spiro atoms. The van der Waals surface area contributed by atoms with Crippen molar-refractivity contribution in [2.75, 3.05) is 19.6 Å². The predicted octanol–water partition coefficient (Wildman–Crippen LogP) is 2.88. The van der Waals surface area contributed by atoms with E-state index in [1.807, 2.05) is 13.8 Å². The molecule has 2 heterocycles. The summed E-state index contributed by atoms with van der Waals surface area (Å²) in [4.78, 5) is 15.0. The predicted molar refractivity (Wildman–Crippen MR) is 77.2 cm³/mol. The van der Waals surface area contributed by atoms with E-state index < -0.39 is 5.60 Å². The van der Waals surface area contributed by atoms with Crippen LogP contribution in [0.15, 0.2) is 0 Å². The van der Waals surface area contributed by atoms with E-state index in [0.29, 0.717) is 0 Å². The molecule has 0 aromatic rings. The summed E-state index contributed by atoms with van der Waals surface area (Å²) in [6.45, 7) is 13.4. The van der Waals surface area contributed by atoms with Crippen LogP contribution in [0, 0.1) is 11.8 Å². The van der Waals surface area contributed by atoms with Crippen molar-refractivity contribution < 1.29 is 9.53 Å². The molecule has 3 heteroatoms. The van der Waals surface area contributed by atoms with E-state index in [-0.39, 0.29) is 17.3 Å². The van der Waals surface area contributed by atoms with Crippen LogP contribution in [-0.4, -0.2) is 41.5 Å². The molecule has 0 saturated carbocycles. The SMILES string of the molecule is CC1CCCN(CC2C(=O)C(C)(C)OC2(C)C)CC1. The fourth-order valence-electron chi connectivity index (χ4n) is 3.58. The smallest absolute Gasteiger partial charge is 0.171 e. The fourth-order valence-corrected chi connectivity index (χ4v) is 3.58. The lowest BCUT2D eigenvalue weighted by Crippen LogP contribution is -2.41. The molecule has 2 aliphatic rings. The average molecular weight is 267 g/mol. The minimum absolute atomic E-state index is 0.0101. The van der Waals surface area contributed by atoms with Crippen molar-refractivity contribution in [2.45, 2.75) is 65.1 Å². The summed E-state index contributed by atoms with van der Waals surface area (Å²) < 4.78 is 5.98. The summed E-state index contributed by atoms with van der Waals surface area (Å²) in [6, 6.07) is 0. The van der Waals surface area contributed by atoms with Gasteiger partial charge >= 0.3 is 0 Å². The number of carbonyl (C=O) groups excluding carboxylic acids is 1. The van der Waals surface area contributed by atoms with E-state index >= 15 is 0 Å². The highest BCUT2D eigenvalue weighted by molar-refractivity contribution is 5.91. The van der Waals surface area contributed by atoms with Crippen molar-refractivity contribution in [3.63, 3.8) is 0 Å². The first kappa shape index (κ1) is 15.0. The van der Waals surface area contributed by atoms with Crippen molar-refractivity contribution in [1.29, 1.82) is 0 Å². The van der Waals surface area contributed by atoms with Crippen LogP contribution in [0.1, 0.15) is 53.9 Å². The lowest BCUT2D eigenvalue weighted by molar-refractivity contribution is -0.132. The number of likely N-dealkylation sites (tertiary alicyclic amines) is 1. The Morgan fingerprint density at radius 2 is 1.89 bits per heavy atom. The molecule has 2 rings (SSSR count). The van der Waals surface area contributed by atoms with E-state index in [0.717, 1.165) is 25.6 Å². The van der Waals surface area contributed by atoms with Gasteiger partial charge in [0.05, 0.1) is 11.5 Å². The molecule has 0 aromatic carbocycles.